The fourth-order valence-electron chi connectivity index (χ4n) is 2.83. The predicted octanol–water partition coefficient (Wildman–Crippen LogP) is 2.46. The highest BCUT2D eigenvalue weighted by atomic mass is 16.4. The van der Waals surface area contributed by atoms with Gasteiger partial charge in [-0.3, -0.25) is 4.79 Å². The quantitative estimate of drug-likeness (QED) is 0.894. The minimum absolute atomic E-state index is 0.584. The average molecular weight is 248 g/mol. The van der Waals surface area contributed by atoms with Crippen molar-refractivity contribution in [1.29, 1.82) is 0 Å². The number of rotatable bonds is 3. The summed E-state index contributed by atoms with van der Waals surface area (Å²) in [5, 5.41) is 9.41. The molecule has 1 aliphatic carbocycles. The number of carbonyl (C=O) groups is 1. The van der Waals surface area contributed by atoms with Crippen LogP contribution in [0.4, 0.5) is 0 Å². The van der Waals surface area contributed by atoms with Crippen LogP contribution >= 0.6 is 0 Å². The van der Waals surface area contributed by atoms with Gasteiger partial charge in [0.05, 0.1) is 5.69 Å². The van der Waals surface area contributed by atoms with Gasteiger partial charge >= 0.3 is 5.97 Å². The summed E-state index contributed by atoms with van der Waals surface area (Å²) in [6.07, 6.45) is 5.74. The number of aromatic nitrogens is 2. The van der Waals surface area contributed by atoms with Crippen LogP contribution in [-0.4, -0.2) is 20.6 Å². The van der Waals surface area contributed by atoms with E-state index in [9.17, 15) is 9.90 Å². The Kier molecular flexibility index (Phi) is 2.50. The Morgan fingerprint density at radius 2 is 2.11 bits per heavy atom. The van der Waals surface area contributed by atoms with Crippen molar-refractivity contribution in [3.05, 3.63) is 17.2 Å². The molecule has 1 N–H and O–H groups in total. The average Bonchev–Trinajstić information content (AvgIpc) is 3.09. The molecule has 0 amide bonds. The van der Waals surface area contributed by atoms with E-state index in [1.165, 1.54) is 25.0 Å². The number of carboxylic acid groups (broad SMARTS) is 1. The first-order valence-corrected chi connectivity index (χ1v) is 6.85. The maximum absolute atomic E-state index is 11.5. The lowest BCUT2D eigenvalue weighted by atomic mass is 9.86. The highest BCUT2D eigenvalue weighted by molar-refractivity contribution is 5.80. The van der Waals surface area contributed by atoms with Crippen molar-refractivity contribution in [2.45, 2.75) is 63.8 Å². The van der Waals surface area contributed by atoms with Gasteiger partial charge in [0, 0.05) is 18.2 Å². The number of carboxylic acids is 1. The number of nitrogens with zero attached hydrogens (tertiary/aromatic N) is 2. The molecule has 0 aromatic carbocycles. The van der Waals surface area contributed by atoms with Gasteiger partial charge in [0.25, 0.3) is 0 Å². The molecule has 0 spiro atoms. The van der Waals surface area contributed by atoms with Gasteiger partial charge in [0.15, 0.2) is 0 Å². The van der Waals surface area contributed by atoms with Crippen LogP contribution in [0.3, 0.4) is 0 Å². The molecule has 0 unspecified atom stereocenters. The molecule has 1 aromatic rings. The zero-order valence-corrected chi connectivity index (χ0v) is 11.1. The standard InChI is InChI=1S/C14H20N2O2/c1-14(2,13(17)18)11-10-5-3-4-8-16(10)12(15-11)9-6-7-9/h9H,3-8H2,1-2H3,(H,17,18). The molecule has 98 valence electrons. The first-order valence-electron chi connectivity index (χ1n) is 6.85. The van der Waals surface area contributed by atoms with Crippen LogP contribution in [0, 0.1) is 0 Å². The Balaban J connectivity index is 2.12. The van der Waals surface area contributed by atoms with Crippen molar-refractivity contribution in [3.63, 3.8) is 0 Å². The van der Waals surface area contributed by atoms with Gasteiger partial charge in [-0.25, -0.2) is 4.98 Å². The largest absolute Gasteiger partial charge is 0.481 e. The molecule has 2 heterocycles. The SMILES string of the molecule is CC(C)(C(=O)O)c1nc(C2CC2)n2c1CCCC2. The monoisotopic (exact) mass is 248 g/mol. The molecule has 0 saturated heterocycles. The van der Waals surface area contributed by atoms with E-state index in [1.54, 1.807) is 13.8 Å². The summed E-state index contributed by atoms with van der Waals surface area (Å²) < 4.78 is 2.31. The van der Waals surface area contributed by atoms with Gasteiger partial charge < -0.3 is 9.67 Å². The van der Waals surface area contributed by atoms with E-state index in [-0.39, 0.29) is 0 Å². The van der Waals surface area contributed by atoms with Crippen LogP contribution in [0.2, 0.25) is 0 Å². The zero-order chi connectivity index (χ0) is 12.9. The second-order valence-electron chi connectivity index (χ2n) is 6.08. The third-order valence-electron chi connectivity index (χ3n) is 4.22. The van der Waals surface area contributed by atoms with E-state index in [0.29, 0.717) is 5.92 Å². The molecule has 1 fully saturated rings. The molecule has 1 aliphatic heterocycles. The molecule has 1 aromatic heterocycles. The van der Waals surface area contributed by atoms with Crippen LogP contribution in [0.5, 0.6) is 0 Å². The van der Waals surface area contributed by atoms with Gasteiger partial charge in [-0.15, -0.1) is 0 Å². The smallest absolute Gasteiger partial charge is 0.315 e. The lowest BCUT2D eigenvalue weighted by Crippen LogP contribution is -2.31. The van der Waals surface area contributed by atoms with Crippen molar-refractivity contribution < 1.29 is 9.90 Å². The zero-order valence-electron chi connectivity index (χ0n) is 11.1. The molecule has 4 nitrogen and oxygen atoms in total. The Morgan fingerprint density at radius 3 is 2.72 bits per heavy atom. The van der Waals surface area contributed by atoms with E-state index >= 15 is 0 Å². The highest BCUT2D eigenvalue weighted by Crippen LogP contribution is 2.42. The summed E-state index contributed by atoms with van der Waals surface area (Å²) in [7, 11) is 0. The summed E-state index contributed by atoms with van der Waals surface area (Å²) in [6, 6.07) is 0. The summed E-state index contributed by atoms with van der Waals surface area (Å²) in [5.41, 5.74) is 1.11. The predicted molar refractivity (Wildman–Crippen MR) is 67.8 cm³/mol. The van der Waals surface area contributed by atoms with E-state index in [1.807, 2.05) is 0 Å². The van der Waals surface area contributed by atoms with E-state index < -0.39 is 11.4 Å². The number of aliphatic carboxylic acids is 1. The Labute approximate surface area is 107 Å². The normalized spacial score (nSPS) is 19.7. The lowest BCUT2D eigenvalue weighted by Gasteiger charge is -2.22. The molecule has 0 atom stereocenters. The van der Waals surface area contributed by atoms with Crippen molar-refractivity contribution in [2.24, 2.45) is 0 Å². The molecule has 0 radical (unpaired) electrons. The van der Waals surface area contributed by atoms with E-state index in [0.717, 1.165) is 30.9 Å². The Hall–Kier alpha value is -1.32. The second-order valence-corrected chi connectivity index (χ2v) is 6.08. The van der Waals surface area contributed by atoms with Crippen molar-refractivity contribution in [2.75, 3.05) is 0 Å². The number of hydrogen-bond donors (Lipinski definition) is 1. The summed E-state index contributed by atoms with van der Waals surface area (Å²) in [4.78, 5) is 16.2. The third kappa shape index (κ3) is 1.66. The van der Waals surface area contributed by atoms with Gasteiger partial charge in [-0.05, 0) is 46.0 Å². The number of fused-ring (bicyclic) bond motifs is 1. The highest BCUT2D eigenvalue weighted by Gasteiger charge is 2.39. The van der Waals surface area contributed by atoms with Crippen LogP contribution in [-0.2, 0) is 23.2 Å². The Morgan fingerprint density at radius 1 is 1.39 bits per heavy atom. The van der Waals surface area contributed by atoms with Crippen LogP contribution in [0.25, 0.3) is 0 Å². The second kappa shape index (κ2) is 3.84. The molecule has 1 saturated carbocycles. The summed E-state index contributed by atoms with van der Waals surface area (Å²) in [5.74, 6) is 0.950. The number of hydrogen-bond acceptors (Lipinski definition) is 2. The van der Waals surface area contributed by atoms with Crippen LogP contribution in [0.15, 0.2) is 0 Å². The minimum atomic E-state index is -0.873. The molecule has 2 aliphatic rings. The van der Waals surface area contributed by atoms with Gasteiger partial charge in [0.2, 0.25) is 0 Å². The summed E-state index contributed by atoms with van der Waals surface area (Å²) in [6.45, 7) is 4.55. The van der Waals surface area contributed by atoms with Gasteiger partial charge in [-0.2, -0.15) is 0 Å². The maximum Gasteiger partial charge on any atom is 0.315 e. The van der Waals surface area contributed by atoms with Crippen LogP contribution in [0.1, 0.15) is 62.7 Å². The minimum Gasteiger partial charge on any atom is -0.481 e. The van der Waals surface area contributed by atoms with Crippen molar-refractivity contribution in [1.82, 2.24) is 9.55 Å². The van der Waals surface area contributed by atoms with Gasteiger partial charge in [-0.1, -0.05) is 0 Å². The summed E-state index contributed by atoms with van der Waals surface area (Å²) >= 11 is 0. The molecule has 18 heavy (non-hydrogen) atoms. The maximum atomic E-state index is 11.5. The molecular weight excluding hydrogens is 228 g/mol. The molecule has 3 rings (SSSR count). The molecule has 4 heteroatoms. The number of imidazole rings is 1. The molecule has 0 bridgehead atoms. The fourth-order valence-corrected chi connectivity index (χ4v) is 2.83. The first-order chi connectivity index (χ1) is 8.51. The Bertz CT molecular complexity index is 498. The molecular formula is C14H20N2O2. The topological polar surface area (TPSA) is 55.1 Å². The van der Waals surface area contributed by atoms with Crippen molar-refractivity contribution >= 4 is 5.97 Å². The third-order valence-corrected chi connectivity index (χ3v) is 4.22. The van der Waals surface area contributed by atoms with E-state index in [2.05, 4.69) is 4.57 Å². The van der Waals surface area contributed by atoms with Crippen molar-refractivity contribution in [3.8, 4) is 0 Å². The van der Waals surface area contributed by atoms with Gasteiger partial charge in [0.1, 0.15) is 11.2 Å². The van der Waals surface area contributed by atoms with Crippen LogP contribution < -0.4 is 0 Å². The fraction of sp³-hybridized carbons (Fsp3) is 0.714. The first kappa shape index (κ1) is 11.8. The lowest BCUT2D eigenvalue weighted by molar-refractivity contribution is -0.142. The van der Waals surface area contributed by atoms with E-state index in [4.69, 9.17) is 4.98 Å².